The minimum Gasteiger partial charge on any atom is -1.00 e. The topological polar surface area (TPSA) is 6.48 Å². The van der Waals surface area contributed by atoms with Crippen molar-refractivity contribution in [3.63, 3.8) is 0 Å². The van der Waals surface area contributed by atoms with E-state index in [1.165, 1.54) is 64.7 Å². The fraction of sp³-hybridized carbons (Fsp3) is 0.583. The summed E-state index contributed by atoms with van der Waals surface area (Å²) in [7, 11) is -2.59. The van der Waals surface area contributed by atoms with Crippen molar-refractivity contribution in [3.8, 4) is 0 Å². The van der Waals surface area contributed by atoms with Gasteiger partial charge in [0, 0.05) is 0 Å². The molecule has 31 heavy (non-hydrogen) atoms. The molecule has 2 fully saturated rings. The summed E-state index contributed by atoms with van der Waals surface area (Å²) in [6.07, 6.45) is 8.46. The van der Waals surface area contributed by atoms with E-state index in [1.807, 2.05) is 0 Å². The Balaban J connectivity index is 0.000000529. The largest absolute Gasteiger partial charge is 4.00 e. The van der Waals surface area contributed by atoms with Crippen molar-refractivity contribution in [3.05, 3.63) is 48.5 Å². The SMILES string of the molecule is C[Si](C)([c-]1cccc1)N1CCCCC1.C[Si](C)([c-]1cccc1)N1CCCCC1.[Cl-].[Cl-].[Hf+4]. The van der Waals surface area contributed by atoms with Gasteiger partial charge in [0.1, 0.15) is 0 Å². The van der Waals surface area contributed by atoms with E-state index >= 15 is 0 Å². The molecular weight excluding hydrogens is 622 g/mol. The van der Waals surface area contributed by atoms with Gasteiger partial charge in [0.15, 0.2) is 0 Å². The quantitative estimate of drug-likeness (QED) is 0.295. The third-order valence-electron chi connectivity index (χ3n) is 7.03. The summed E-state index contributed by atoms with van der Waals surface area (Å²) in [5.41, 5.74) is 0. The summed E-state index contributed by atoms with van der Waals surface area (Å²) in [6.45, 7) is 15.2. The van der Waals surface area contributed by atoms with Gasteiger partial charge in [0.05, 0.1) is 16.5 Å². The van der Waals surface area contributed by atoms with Crippen molar-refractivity contribution in [2.24, 2.45) is 0 Å². The predicted octanol–water partition coefficient (Wildman–Crippen LogP) is -1.39. The standard InChI is InChI=1S/2C12H20NSi.2ClH.Hf/c2*1-14(2,12-8-4-5-9-12)13-10-6-3-7-11-13;;;/h2*4-5,8-9H,3,6-7,10-11H2,1-2H3;2*1H;/q2*-1;;;+4/p-2. The number of nitrogens with zero attached hydrogens (tertiary/aromatic N) is 2. The molecule has 0 bridgehead atoms. The zero-order valence-corrected chi connectivity index (χ0v) is 26.9. The van der Waals surface area contributed by atoms with Crippen LogP contribution in [0.25, 0.3) is 0 Å². The van der Waals surface area contributed by atoms with Crippen molar-refractivity contribution >= 4 is 26.8 Å². The molecule has 2 heterocycles. The molecule has 0 saturated carbocycles. The van der Waals surface area contributed by atoms with Crippen LogP contribution >= 0.6 is 0 Å². The molecule has 2 aromatic rings. The molecule has 2 saturated heterocycles. The van der Waals surface area contributed by atoms with Crippen molar-refractivity contribution in [2.75, 3.05) is 26.2 Å². The Hall–Kier alpha value is 0.504. The average molecular weight is 662 g/mol. The van der Waals surface area contributed by atoms with Crippen LogP contribution in [0.5, 0.6) is 0 Å². The van der Waals surface area contributed by atoms with Crippen LogP contribution in [-0.4, -0.2) is 51.8 Å². The minimum atomic E-state index is -1.29. The van der Waals surface area contributed by atoms with Gasteiger partial charge < -0.3 is 33.9 Å². The van der Waals surface area contributed by atoms with E-state index in [0.717, 1.165) is 0 Å². The number of halogens is 2. The second kappa shape index (κ2) is 14.7. The molecule has 172 valence electrons. The van der Waals surface area contributed by atoms with Gasteiger partial charge in [0.2, 0.25) is 0 Å². The molecule has 7 heteroatoms. The Bertz CT molecular complexity index is 618. The average Bonchev–Trinajstić information content (AvgIpc) is 3.44. The van der Waals surface area contributed by atoms with Gasteiger partial charge in [0.25, 0.3) is 0 Å². The van der Waals surface area contributed by atoms with Crippen LogP contribution in [0.2, 0.25) is 26.2 Å². The molecule has 2 aliphatic heterocycles. The summed E-state index contributed by atoms with van der Waals surface area (Å²) in [6, 6.07) is 17.9. The minimum absolute atomic E-state index is 0. The van der Waals surface area contributed by atoms with Gasteiger partial charge in [-0.05, 0) is 51.9 Å². The van der Waals surface area contributed by atoms with E-state index in [1.54, 1.807) is 10.4 Å². The molecule has 0 atom stereocenters. The molecule has 0 unspecified atom stereocenters. The maximum Gasteiger partial charge on any atom is 4.00 e. The number of rotatable bonds is 4. The van der Waals surface area contributed by atoms with E-state index in [9.17, 15) is 0 Å². The van der Waals surface area contributed by atoms with E-state index in [-0.39, 0.29) is 50.7 Å². The van der Waals surface area contributed by atoms with Crippen LogP contribution in [0.15, 0.2) is 48.5 Å². The fourth-order valence-electron chi connectivity index (χ4n) is 4.83. The van der Waals surface area contributed by atoms with Crippen molar-refractivity contribution < 1.29 is 50.7 Å². The zero-order valence-electron chi connectivity index (χ0n) is 19.8. The summed E-state index contributed by atoms with van der Waals surface area (Å²) in [5, 5.41) is 3.19. The van der Waals surface area contributed by atoms with Crippen LogP contribution in [0.4, 0.5) is 0 Å². The zero-order chi connectivity index (χ0) is 20.0. The third-order valence-corrected chi connectivity index (χ3v) is 14.6. The number of piperidine rings is 2. The molecular formula is C24H40Cl2HfN2Si2. The molecule has 0 aromatic heterocycles. The van der Waals surface area contributed by atoms with Crippen LogP contribution in [0.3, 0.4) is 0 Å². The molecule has 0 aliphatic carbocycles. The smallest absolute Gasteiger partial charge is 1.00 e. The first kappa shape index (κ1) is 31.5. The monoisotopic (exact) mass is 662 g/mol. The van der Waals surface area contributed by atoms with Crippen molar-refractivity contribution in [1.82, 2.24) is 9.13 Å². The van der Waals surface area contributed by atoms with Crippen molar-refractivity contribution in [2.45, 2.75) is 64.7 Å². The third kappa shape index (κ3) is 8.34. The Morgan fingerprint density at radius 3 is 1.03 bits per heavy atom. The van der Waals surface area contributed by atoms with Gasteiger partial charge in [-0.15, -0.1) is 10.4 Å². The summed E-state index contributed by atoms with van der Waals surface area (Å²) in [4.78, 5) is 0. The maximum atomic E-state index is 2.76. The first-order chi connectivity index (χ1) is 13.4. The Labute approximate surface area is 224 Å². The fourth-order valence-corrected chi connectivity index (χ4v) is 10.4. The Morgan fingerprint density at radius 1 is 0.516 bits per heavy atom. The van der Waals surface area contributed by atoms with Gasteiger partial charge in [-0.3, -0.25) is 0 Å². The molecule has 2 aromatic carbocycles. The second-order valence-electron chi connectivity index (χ2n) is 9.56. The molecule has 0 radical (unpaired) electrons. The summed E-state index contributed by atoms with van der Waals surface area (Å²) in [5.74, 6) is 0. The maximum absolute atomic E-state index is 2.76. The first-order valence-corrected chi connectivity index (χ1v) is 17.3. The second-order valence-corrected chi connectivity index (χ2v) is 18.2. The Morgan fingerprint density at radius 2 is 0.774 bits per heavy atom. The molecule has 2 nitrogen and oxygen atoms in total. The normalized spacial score (nSPS) is 17.9. The van der Waals surface area contributed by atoms with Crippen molar-refractivity contribution in [1.29, 1.82) is 0 Å². The Kier molecular flexibility index (Phi) is 14.9. The van der Waals surface area contributed by atoms with Crippen LogP contribution in [0, 0.1) is 0 Å². The first-order valence-electron chi connectivity index (χ1n) is 11.4. The molecule has 0 spiro atoms. The molecule has 4 rings (SSSR count). The number of hydrogen-bond acceptors (Lipinski definition) is 2. The van der Waals surface area contributed by atoms with E-state index in [2.05, 4.69) is 83.8 Å². The molecule has 0 N–H and O–H groups in total. The summed E-state index contributed by atoms with van der Waals surface area (Å²) >= 11 is 0. The molecule has 2 aliphatic rings. The predicted molar refractivity (Wildman–Crippen MR) is 129 cm³/mol. The van der Waals surface area contributed by atoms with E-state index < -0.39 is 16.5 Å². The molecule has 0 amide bonds. The number of hydrogen-bond donors (Lipinski definition) is 0. The van der Waals surface area contributed by atoms with Gasteiger partial charge in [-0.1, -0.05) is 39.0 Å². The van der Waals surface area contributed by atoms with Gasteiger partial charge in [-0.25, -0.2) is 24.3 Å². The van der Waals surface area contributed by atoms with Crippen LogP contribution < -0.4 is 35.2 Å². The van der Waals surface area contributed by atoms with E-state index in [0.29, 0.717) is 0 Å². The van der Waals surface area contributed by atoms with Gasteiger partial charge >= 0.3 is 25.8 Å². The van der Waals surface area contributed by atoms with E-state index in [4.69, 9.17) is 0 Å². The summed E-state index contributed by atoms with van der Waals surface area (Å²) < 4.78 is 5.51. The van der Waals surface area contributed by atoms with Crippen LogP contribution in [0.1, 0.15) is 38.5 Å². The van der Waals surface area contributed by atoms with Crippen LogP contribution in [-0.2, 0) is 25.8 Å². The van der Waals surface area contributed by atoms with Gasteiger partial charge in [-0.2, -0.15) is 24.3 Å².